The lowest BCUT2D eigenvalue weighted by Crippen LogP contribution is -2.61. The predicted octanol–water partition coefficient (Wildman–Crippen LogP) is 23.7. The topological polar surface area (TPSA) is 29.5 Å². The van der Waals surface area contributed by atoms with E-state index in [1.165, 1.54) is 105 Å². The maximum absolute atomic E-state index is 7.19. The molecule has 0 N–H and O–H groups in total. The van der Waals surface area contributed by atoms with Gasteiger partial charge in [-0.2, -0.15) is 0 Å². The SMILES string of the molecule is CC(C)(C)c1ccc(-c2cc(C(C)(C)C)ccc2N2c3cc(-n4c5ccccc5c5ccc6c(c7ccccc7n6-c6ccccc6)c54)ccc3B3c4ccc(-c5cc(C(C)(C)C)cc(C(C)(C)C)c5)cc4N(c4cccc5c4oc4ccccc45)c4cc(C(C)(C)C)cc2c43)cc1. The van der Waals surface area contributed by atoms with Gasteiger partial charge in [-0.05, 0) is 173 Å². The average Bonchev–Trinajstić information content (AvgIpc) is 0.963. The molecule has 5 nitrogen and oxygen atoms in total. The third-order valence-corrected chi connectivity index (χ3v) is 21.5. The summed E-state index contributed by atoms with van der Waals surface area (Å²) in [5.74, 6) is 0. The van der Waals surface area contributed by atoms with E-state index < -0.39 is 0 Å². The van der Waals surface area contributed by atoms with Crippen molar-refractivity contribution < 1.29 is 4.42 Å². The van der Waals surface area contributed by atoms with Crippen LogP contribution in [0.3, 0.4) is 0 Å². The van der Waals surface area contributed by atoms with Gasteiger partial charge in [0, 0.05) is 72.0 Å². The minimum atomic E-state index is -0.278. The average molecular weight is 1270 g/mol. The van der Waals surface area contributed by atoms with Crippen molar-refractivity contribution in [2.24, 2.45) is 0 Å². The third kappa shape index (κ3) is 9.63. The van der Waals surface area contributed by atoms with Crippen LogP contribution in [0.15, 0.2) is 247 Å². The number of rotatable bonds is 6. The summed E-state index contributed by atoms with van der Waals surface area (Å²) in [4.78, 5) is 5.27. The van der Waals surface area contributed by atoms with Crippen LogP contribution in [0, 0.1) is 0 Å². The van der Waals surface area contributed by atoms with Crippen LogP contribution >= 0.6 is 0 Å². The number of furan rings is 1. The molecule has 6 heteroatoms. The minimum absolute atomic E-state index is 0.0192. The number of benzene rings is 12. The second-order valence-electron chi connectivity index (χ2n) is 33.1. The molecule has 0 saturated heterocycles. The van der Waals surface area contributed by atoms with E-state index in [0.29, 0.717) is 0 Å². The van der Waals surface area contributed by atoms with E-state index in [1.807, 2.05) is 0 Å². The van der Waals surface area contributed by atoms with E-state index in [9.17, 15) is 0 Å². The van der Waals surface area contributed by atoms with E-state index in [1.54, 1.807) is 0 Å². The summed E-state index contributed by atoms with van der Waals surface area (Å²) in [6.45, 7) is 35.0. The Morgan fingerprint density at radius 3 is 1.50 bits per heavy atom. The van der Waals surface area contributed by atoms with Crippen LogP contribution in [-0.2, 0) is 27.1 Å². The van der Waals surface area contributed by atoms with Crippen molar-refractivity contribution in [2.75, 3.05) is 9.80 Å². The standard InChI is InChI=1S/C92H85BN4O/c1-88(2,3)59-39-36-56(37-40-59)71-52-60(89(4,5)6)41-46-76(71)96-80-55-65(95-74-32-22-19-28-66(74)68-43-47-77-84(86(68)95)70-30-20-23-33-75(70)94(77)64-26-17-16-18-27-64)42-45-73(80)93-72-44-38-57(58-48-61(90(7,8)9)51-62(49-58)91(10,11)12)50-79(72)97(82-54-63(92(13,14)15)53-81(96)85(82)93)78-34-25-31-69-67-29-21-24-35-83(67)98-87(69)78/h16-55H,1-15H3. The van der Waals surface area contributed by atoms with E-state index in [-0.39, 0.29) is 33.8 Å². The smallest absolute Gasteiger partial charge is 0.252 e. The quantitative estimate of drug-likeness (QED) is 0.155. The maximum Gasteiger partial charge on any atom is 0.252 e. The Morgan fingerprint density at radius 1 is 0.296 bits per heavy atom. The first-order valence-electron chi connectivity index (χ1n) is 35.2. The Balaban J connectivity index is 1.01. The van der Waals surface area contributed by atoms with Crippen molar-refractivity contribution in [3.8, 4) is 33.6 Å². The fraction of sp³-hybridized carbons (Fsp3) is 0.217. The molecule has 0 atom stereocenters. The van der Waals surface area contributed by atoms with Crippen LogP contribution in [-0.4, -0.2) is 15.8 Å². The van der Waals surface area contributed by atoms with Crippen LogP contribution < -0.4 is 26.2 Å². The second-order valence-corrected chi connectivity index (χ2v) is 33.1. The predicted molar refractivity (Wildman–Crippen MR) is 421 cm³/mol. The fourth-order valence-electron chi connectivity index (χ4n) is 16.0. The molecule has 17 rings (SSSR count). The zero-order chi connectivity index (χ0) is 67.9. The lowest BCUT2D eigenvalue weighted by Gasteiger charge is -2.45. The molecule has 2 aliphatic heterocycles. The van der Waals surface area contributed by atoms with Crippen molar-refractivity contribution >= 4 is 123 Å². The molecular formula is C92H85BN4O. The van der Waals surface area contributed by atoms with Gasteiger partial charge in [-0.1, -0.05) is 262 Å². The van der Waals surface area contributed by atoms with Gasteiger partial charge in [0.05, 0.1) is 33.4 Å². The fourth-order valence-corrected chi connectivity index (χ4v) is 16.0. The molecule has 0 bridgehead atoms. The second kappa shape index (κ2) is 21.6. The van der Waals surface area contributed by atoms with Gasteiger partial charge in [-0.3, -0.25) is 0 Å². The van der Waals surface area contributed by atoms with Crippen molar-refractivity contribution in [1.82, 2.24) is 9.13 Å². The van der Waals surface area contributed by atoms with Gasteiger partial charge in [0.25, 0.3) is 6.71 Å². The van der Waals surface area contributed by atoms with Crippen LogP contribution in [0.5, 0.6) is 0 Å². The summed E-state index contributed by atoms with van der Waals surface area (Å²) < 4.78 is 12.2. The highest BCUT2D eigenvalue weighted by Crippen LogP contribution is 2.53. The van der Waals surface area contributed by atoms with Crippen molar-refractivity contribution in [3.63, 3.8) is 0 Å². The molecule has 482 valence electrons. The Hall–Kier alpha value is -10.3. The summed E-state index contributed by atoms with van der Waals surface area (Å²) in [7, 11) is 0. The first-order valence-corrected chi connectivity index (χ1v) is 35.2. The van der Waals surface area contributed by atoms with Gasteiger partial charge in [-0.25, -0.2) is 0 Å². The van der Waals surface area contributed by atoms with Gasteiger partial charge in [-0.15, -0.1) is 0 Å². The highest BCUT2D eigenvalue weighted by molar-refractivity contribution is 7.00. The molecule has 5 heterocycles. The zero-order valence-corrected chi connectivity index (χ0v) is 59.4. The van der Waals surface area contributed by atoms with Gasteiger partial charge >= 0.3 is 0 Å². The number of para-hydroxylation sites is 5. The summed E-state index contributed by atoms with van der Waals surface area (Å²) in [5, 5.41) is 7.10. The van der Waals surface area contributed by atoms with Crippen LogP contribution in [0.2, 0.25) is 0 Å². The highest BCUT2D eigenvalue weighted by atomic mass is 16.3. The normalized spacial score (nSPS) is 13.6. The number of hydrogen-bond donors (Lipinski definition) is 0. The largest absolute Gasteiger partial charge is 0.454 e. The molecule has 0 aliphatic carbocycles. The molecule has 0 fully saturated rings. The molecule has 15 aromatic rings. The van der Waals surface area contributed by atoms with Crippen molar-refractivity contribution in [1.29, 1.82) is 0 Å². The molecule has 2 aliphatic rings. The monoisotopic (exact) mass is 1270 g/mol. The van der Waals surface area contributed by atoms with E-state index >= 15 is 0 Å². The van der Waals surface area contributed by atoms with Crippen LogP contribution in [0.1, 0.15) is 132 Å². The highest BCUT2D eigenvalue weighted by Gasteiger charge is 2.46. The summed E-state index contributed by atoms with van der Waals surface area (Å²) in [5.41, 5.74) is 29.9. The van der Waals surface area contributed by atoms with Gasteiger partial charge in [0.1, 0.15) is 5.58 Å². The number of nitrogens with zero attached hydrogens (tertiary/aromatic N) is 4. The molecule has 98 heavy (non-hydrogen) atoms. The Kier molecular flexibility index (Phi) is 13.5. The van der Waals surface area contributed by atoms with E-state index in [0.717, 1.165) is 73.0 Å². The molecular weight excluding hydrogens is 1190 g/mol. The Labute approximate surface area is 577 Å². The van der Waals surface area contributed by atoms with Crippen molar-refractivity contribution in [2.45, 2.75) is 131 Å². The van der Waals surface area contributed by atoms with E-state index in [4.69, 9.17) is 4.42 Å². The van der Waals surface area contributed by atoms with Gasteiger partial charge < -0.3 is 23.4 Å². The zero-order valence-electron chi connectivity index (χ0n) is 59.4. The van der Waals surface area contributed by atoms with Crippen LogP contribution in [0.4, 0.5) is 34.1 Å². The number of aromatic nitrogens is 2. The number of anilines is 6. The minimum Gasteiger partial charge on any atom is -0.454 e. The summed E-state index contributed by atoms with van der Waals surface area (Å²) >= 11 is 0. The molecule has 3 aromatic heterocycles. The number of fused-ring (bicyclic) bond motifs is 14. The lowest BCUT2D eigenvalue weighted by molar-refractivity contribution is 0.569. The van der Waals surface area contributed by atoms with Gasteiger partial charge in [0.2, 0.25) is 0 Å². The van der Waals surface area contributed by atoms with Gasteiger partial charge in [0.15, 0.2) is 5.58 Å². The summed E-state index contributed by atoms with van der Waals surface area (Å²) in [6.07, 6.45) is 0. The Morgan fingerprint density at radius 2 is 0.837 bits per heavy atom. The van der Waals surface area contributed by atoms with Crippen LogP contribution in [0.25, 0.3) is 99.2 Å². The van der Waals surface area contributed by atoms with E-state index in [2.05, 4.69) is 365 Å². The summed E-state index contributed by atoms with van der Waals surface area (Å²) in [6, 6.07) is 93.0. The molecule has 0 spiro atoms. The first-order chi connectivity index (χ1) is 46.8. The molecule has 0 unspecified atom stereocenters. The first kappa shape index (κ1) is 61.3. The lowest BCUT2D eigenvalue weighted by atomic mass is 9.33. The maximum atomic E-state index is 7.19. The third-order valence-electron chi connectivity index (χ3n) is 21.5. The Bertz CT molecular complexity index is 5750. The molecule has 12 aromatic carbocycles. The molecule has 0 radical (unpaired) electrons. The molecule has 0 saturated carbocycles. The number of hydrogen-bond acceptors (Lipinski definition) is 3. The molecule has 0 amide bonds. The van der Waals surface area contributed by atoms with Crippen molar-refractivity contribution in [3.05, 3.63) is 270 Å².